The predicted molar refractivity (Wildman–Crippen MR) is 114 cm³/mol. The number of hydrogen-bond acceptors (Lipinski definition) is 3. The minimum atomic E-state index is -0.558. The number of aryl methyl sites for hydroxylation is 1. The minimum Gasteiger partial charge on any atom is -0.508 e. The Labute approximate surface area is 170 Å². The Morgan fingerprint density at radius 3 is 1.71 bits per heavy atom. The number of benzene rings is 1. The summed E-state index contributed by atoms with van der Waals surface area (Å²) in [6.45, 7) is 3.27. The second-order valence-corrected chi connectivity index (χ2v) is 7.46. The number of rotatable bonds is 15. The highest BCUT2D eigenvalue weighted by atomic mass is 16.3. The molecule has 0 aromatic heterocycles. The molecule has 2 amide bonds. The molecular weight excluding hydrogens is 352 g/mol. The van der Waals surface area contributed by atoms with Crippen molar-refractivity contribution >= 4 is 11.8 Å². The van der Waals surface area contributed by atoms with Crippen molar-refractivity contribution in [2.75, 3.05) is 13.1 Å². The van der Waals surface area contributed by atoms with Crippen LogP contribution >= 0.6 is 0 Å². The molecule has 0 saturated heterocycles. The van der Waals surface area contributed by atoms with Crippen LogP contribution in [0.3, 0.4) is 0 Å². The van der Waals surface area contributed by atoms with Crippen LogP contribution in [0.4, 0.5) is 0 Å². The fourth-order valence-corrected chi connectivity index (χ4v) is 3.13. The van der Waals surface area contributed by atoms with Gasteiger partial charge in [0.05, 0.1) is 0 Å². The van der Waals surface area contributed by atoms with E-state index in [1.807, 2.05) is 12.1 Å². The highest BCUT2D eigenvalue weighted by Gasteiger charge is 2.11. The molecular formula is C23H38N2O3. The second kappa shape index (κ2) is 16.0. The number of phenolic OH excluding ortho intramolecular Hbond substituents is 1. The molecule has 0 unspecified atom stereocenters. The fraction of sp³-hybridized carbons (Fsp3) is 0.652. The normalized spacial score (nSPS) is 10.6. The zero-order valence-electron chi connectivity index (χ0n) is 17.5. The lowest BCUT2D eigenvalue weighted by Crippen LogP contribution is -2.40. The zero-order chi connectivity index (χ0) is 20.5. The van der Waals surface area contributed by atoms with E-state index in [2.05, 4.69) is 17.6 Å². The molecule has 0 spiro atoms. The lowest BCUT2D eigenvalue weighted by Gasteiger charge is -2.07. The first-order valence-corrected chi connectivity index (χ1v) is 11.0. The molecule has 0 saturated carbocycles. The summed E-state index contributed by atoms with van der Waals surface area (Å²) in [5, 5.41) is 14.6. The Morgan fingerprint density at radius 1 is 0.714 bits per heavy atom. The van der Waals surface area contributed by atoms with E-state index in [-0.39, 0.29) is 5.75 Å². The van der Waals surface area contributed by atoms with E-state index in [0.29, 0.717) is 13.1 Å². The first-order chi connectivity index (χ1) is 13.6. The molecule has 28 heavy (non-hydrogen) atoms. The van der Waals surface area contributed by atoms with Crippen molar-refractivity contribution in [3.8, 4) is 5.75 Å². The predicted octanol–water partition coefficient (Wildman–Crippen LogP) is 4.48. The van der Waals surface area contributed by atoms with Gasteiger partial charge in [0.2, 0.25) is 0 Å². The van der Waals surface area contributed by atoms with Crippen molar-refractivity contribution in [2.45, 2.75) is 84.0 Å². The molecule has 5 nitrogen and oxygen atoms in total. The van der Waals surface area contributed by atoms with Gasteiger partial charge in [-0.25, -0.2) is 0 Å². The molecule has 158 valence electrons. The average Bonchev–Trinajstić information content (AvgIpc) is 2.70. The Bertz CT molecular complexity index is 543. The summed E-state index contributed by atoms with van der Waals surface area (Å²) < 4.78 is 0. The van der Waals surface area contributed by atoms with Crippen LogP contribution < -0.4 is 10.6 Å². The third kappa shape index (κ3) is 12.4. The topological polar surface area (TPSA) is 78.4 Å². The SMILES string of the molecule is CCCCCCCCCCCCNC(=O)C(=O)NCCCc1ccc(O)cc1. The largest absolute Gasteiger partial charge is 0.508 e. The summed E-state index contributed by atoms with van der Waals surface area (Å²) in [5.74, 6) is -0.852. The number of carbonyl (C=O) groups is 2. The molecule has 1 rings (SSSR count). The first-order valence-electron chi connectivity index (χ1n) is 11.0. The molecule has 5 heteroatoms. The van der Waals surface area contributed by atoms with Gasteiger partial charge in [-0.2, -0.15) is 0 Å². The lowest BCUT2D eigenvalue weighted by atomic mass is 10.1. The molecule has 0 atom stereocenters. The molecule has 0 fully saturated rings. The standard InChI is InChI=1S/C23H38N2O3/c1-2-3-4-5-6-7-8-9-10-11-18-24-22(27)23(28)25-19-12-13-20-14-16-21(26)17-15-20/h14-17,26H,2-13,18-19H2,1H3,(H,24,27)(H,25,28). The van der Waals surface area contributed by atoms with Crippen LogP contribution in [0.2, 0.25) is 0 Å². The van der Waals surface area contributed by atoms with Crippen LogP contribution in [0.5, 0.6) is 5.75 Å². The van der Waals surface area contributed by atoms with E-state index in [1.54, 1.807) is 12.1 Å². The maximum Gasteiger partial charge on any atom is 0.309 e. The lowest BCUT2D eigenvalue weighted by molar-refractivity contribution is -0.139. The van der Waals surface area contributed by atoms with E-state index in [0.717, 1.165) is 31.2 Å². The maximum atomic E-state index is 11.8. The molecule has 0 aliphatic rings. The van der Waals surface area contributed by atoms with Crippen molar-refractivity contribution in [3.05, 3.63) is 29.8 Å². The molecule has 3 N–H and O–H groups in total. The molecule has 0 bridgehead atoms. The Kier molecular flexibility index (Phi) is 13.7. The van der Waals surface area contributed by atoms with Gasteiger partial charge in [-0.15, -0.1) is 0 Å². The van der Waals surface area contributed by atoms with Crippen molar-refractivity contribution in [1.82, 2.24) is 10.6 Å². The third-order valence-corrected chi connectivity index (χ3v) is 4.89. The van der Waals surface area contributed by atoms with Crippen molar-refractivity contribution < 1.29 is 14.7 Å². The summed E-state index contributed by atoms with van der Waals surface area (Å²) in [4.78, 5) is 23.5. The first kappa shape index (κ1) is 24.0. The van der Waals surface area contributed by atoms with Crippen molar-refractivity contribution in [3.63, 3.8) is 0 Å². The number of aromatic hydroxyl groups is 1. The third-order valence-electron chi connectivity index (χ3n) is 4.89. The monoisotopic (exact) mass is 390 g/mol. The fourth-order valence-electron chi connectivity index (χ4n) is 3.13. The van der Waals surface area contributed by atoms with Gasteiger partial charge < -0.3 is 15.7 Å². The summed E-state index contributed by atoms with van der Waals surface area (Å²) in [7, 11) is 0. The second-order valence-electron chi connectivity index (χ2n) is 7.46. The number of unbranched alkanes of at least 4 members (excludes halogenated alkanes) is 9. The summed E-state index contributed by atoms with van der Waals surface area (Å²) in [6, 6.07) is 7.01. The number of carbonyl (C=O) groups excluding carboxylic acids is 2. The average molecular weight is 391 g/mol. The van der Waals surface area contributed by atoms with E-state index >= 15 is 0 Å². The highest BCUT2D eigenvalue weighted by molar-refractivity contribution is 6.35. The van der Waals surface area contributed by atoms with Crippen LogP contribution in [0.15, 0.2) is 24.3 Å². The molecule has 0 radical (unpaired) electrons. The van der Waals surface area contributed by atoms with Gasteiger partial charge in [-0.1, -0.05) is 76.8 Å². The minimum absolute atomic E-state index is 0.246. The van der Waals surface area contributed by atoms with Crippen molar-refractivity contribution in [2.24, 2.45) is 0 Å². The van der Waals surface area contributed by atoms with Crippen LogP contribution in [0.25, 0.3) is 0 Å². The van der Waals surface area contributed by atoms with E-state index in [4.69, 9.17) is 0 Å². The van der Waals surface area contributed by atoms with Crippen LogP contribution in [-0.2, 0) is 16.0 Å². The molecule has 1 aromatic carbocycles. The van der Waals surface area contributed by atoms with Gasteiger partial charge in [0.1, 0.15) is 5.75 Å². The van der Waals surface area contributed by atoms with Crippen LogP contribution in [0.1, 0.15) is 83.1 Å². The quantitative estimate of drug-likeness (QED) is 0.305. The van der Waals surface area contributed by atoms with Gasteiger partial charge >= 0.3 is 11.8 Å². The van der Waals surface area contributed by atoms with Crippen molar-refractivity contribution in [1.29, 1.82) is 0 Å². The zero-order valence-corrected chi connectivity index (χ0v) is 17.5. The molecule has 0 heterocycles. The molecule has 0 aliphatic carbocycles. The van der Waals surface area contributed by atoms with Gasteiger partial charge in [0.15, 0.2) is 0 Å². The van der Waals surface area contributed by atoms with E-state index < -0.39 is 11.8 Å². The van der Waals surface area contributed by atoms with Crippen LogP contribution in [0, 0.1) is 0 Å². The van der Waals surface area contributed by atoms with Gasteiger partial charge in [-0.3, -0.25) is 9.59 Å². The number of phenols is 1. The summed E-state index contributed by atoms with van der Waals surface area (Å²) in [5.41, 5.74) is 1.09. The Hall–Kier alpha value is -2.04. The number of amides is 2. The highest BCUT2D eigenvalue weighted by Crippen LogP contribution is 2.11. The summed E-state index contributed by atoms with van der Waals surface area (Å²) in [6.07, 6.45) is 14.0. The molecule has 1 aromatic rings. The maximum absolute atomic E-state index is 11.8. The van der Waals surface area contributed by atoms with Gasteiger partial charge in [-0.05, 0) is 37.0 Å². The Balaban J connectivity index is 1.93. The smallest absolute Gasteiger partial charge is 0.309 e. The van der Waals surface area contributed by atoms with Gasteiger partial charge in [0, 0.05) is 13.1 Å². The molecule has 0 aliphatic heterocycles. The Morgan fingerprint density at radius 2 is 1.18 bits per heavy atom. The van der Waals surface area contributed by atoms with E-state index in [9.17, 15) is 14.7 Å². The van der Waals surface area contributed by atoms with E-state index in [1.165, 1.54) is 51.4 Å². The van der Waals surface area contributed by atoms with Crippen LogP contribution in [-0.4, -0.2) is 30.0 Å². The number of hydrogen-bond donors (Lipinski definition) is 3. The summed E-state index contributed by atoms with van der Waals surface area (Å²) >= 11 is 0. The van der Waals surface area contributed by atoms with Gasteiger partial charge in [0.25, 0.3) is 0 Å². The number of nitrogens with one attached hydrogen (secondary N) is 2.